The van der Waals surface area contributed by atoms with Gasteiger partial charge in [0, 0.05) is 5.56 Å². The highest BCUT2D eigenvalue weighted by molar-refractivity contribution is 5.40. The minimum Gasteiger partial charge on any atom is -0.508 e. The van der Waals surface area contributed by atoms with Gasteiger partial charge in [-0.2, -0.15) is 0 Å². The highest BCUT2D eigenvalue weighted by Gasteiger charge is 2.11. The first-order chi connectivity index (χ1) is 5.66. The minimum atomic E-state index is -0.494. The zero-order valence-electron chi connectivity index (χ0n) is 6.99. The lowest BCUT2D eigenvalue weighted by atomic mass is 10.0. The van der Waals surface area contributed by atoms with Crippen LogP contribution in [0, 0.1) is 6.92 Å². The Balaban J connectivity index is 3.12. The summed E-state index contributed by atoms with van der Waals surface area (Å²) >= 11 is 0. The summed E-state index contributed by atoms with van der Waals surface area (Å²) in [7, 11) is 0. The van der Waals surface area contributed by atoms with E-state index in [0.717, 1.165) is 5.56 Å². The molecule has 3 nitrogen and oxygen atoms in total. The van der Waals surface area contributed by atoms with E-state index in [1.165, 1.54) is 0 Å². The zero-order valence-corrected chi connectivity index (χ0v) is 6.99. The second kappa shape index (κ2) is 3.56. The van der Waals surface area contributed by atoms with Gasteiger partial charge >= 0.3 is 0 Å². The lowest BCUT2D eigenvalue weighted by Crippen LogP contribution is -2.15. The Labute approximate surface area is 71.5 Å². The summed E-state index contributed by atoms with van der Waals surface area (Å²) < 4.78 is 0. The molecule has 0 aliphatic rings. The number of benzene rings is 1. The van der Waals surface area contributed by atoms with Crippen LogP contribution < -0.4 is 5.73 Å². The summed E-state index contributed by atoms with van der Waals surface area (Å²) in [5.41, 5.74) is 7.11. The second-order valence-electron chi connectivity index (χ2n) is 2.80. The number of phenols is 1. The number of aryl methyl sites for hydroxylation is 1. The number of aliphatic hydroxyl groups is 1. The van der Waals surface area contributed by atoms with Crippen molar-refractivity contribution in [3.05, 3.63) is 29.3 Å². The fraction of sp³-hybridized carbons (Fsp3) is 0.333. The predicted octanol–water partition coefficient (Wildman–Crippen LogP) is 0.693. The van der Waals surface area contributed by atoms with Crippen LogP contribution in [0.4, 0.5) is 0 Å². The fourth-order valence-corrected chi connectivity index (χ4v) is 1.24. The van der Waals surface area contributed by atoms with Crippen LogP contribution in [0.1, 0.15) is 17.2 Å². The summed E-state index contributed by atoms with van der Waals surface area (Å²) in [5.74, 6) is 0.150. The maximum atomic E-state index is 9.40. The third-order valence-corrected chi connectivity index (χ3v) is 1.87. The lowest BCUT2D eigenvalue weighted by Gasteiger charge is -2.13. The van der Waals surface area contributed by atoms with Crippen molar-refractivity contribution in [2.24, 2.45) is 5.73 Å². The Hall–Kier alpha value is -1.06. The maximum Gasteiger partial charge on any atom is 0.120 e. The molecule has 0 fully saturated rings. The monoisotopic (exact) mass is 167 g/mol. The number of aromatic hydroxyl groups is 1. The molecule has 1 rings (SSSR count). The van der Waals surface area contributed by atoms with Gasteiger partial charge in [0.05, 0.1) is 12.6 Å². The van der Waals surface area contributed by atoms with Crippen LogP contribution in [0.2, 0.25) is 0 Å². The Bertz CT molecular complexity index is 253. The number of hydrogen-bond donors (Lipinski definition) is 3. The molecule has 3 heteroatoms. The molecule has 0 bridgehead atoms. The SMILES string of the molecule is Cc1cccc(O)c1C(N)CO. The number of phenolic OH excluding ortho intramolecular Hbond substituents is 1. The van der Waals surface area contributed by atoms with Crippen molar-refractivity contribution < 1.29 is 10.2 Å². The molecule has 0 heterocycles. The van der Waals surface area contributed by atoms with E-state index in [1.807, 2.05) is 13.0 Å². The predicted molar refractivity (Wildman–Crippen MR) is 46.9 cm³/mol. The van der Waals surface area contributed by atoms with E-state index >= 15 is 0 Å². The van der Waals surface area contributed by atoms with Gasteiger partial charge in [0.2, 0.25) is 0 Å². The van der Waals surface area contributed by atoms with Crippen LogP contribution in [0.5, 0.6) is 5.75 Å². The van der Waals surface area contributed by atoms with Crippen LogP contribution in [0.15, 0.2) is 18.2 Å². The molecule has 12 heavy (non-hydrogen) atoms. The molecule has 1 atom stereocenters. The number of hydrogen-bond acceptors (Lipinski definition) is 3. The molecule has 1 aromatic carbocycles. The van der Waals surface area contributed by atoms with Gasteiger partial charge in [-0.15, -0.1) is 0 Å². The van der Waals surface area contributed by atoms with Crippen molar-refractivity contribution in [2.45, 2.75) is 13.0 Å². The summed E-state index contributed by atoms with van der Waals surface area (Å²) in [6.07, 6.45) is 0. The van der Waals surface area contributed by atoms with E-state index < -0.39 is 6.04 Å². The van der Waals surface area contributed by atoms with E-state index in [-0.39, 0.29) is 12.4 Å². The van der Waals surface area contributed by atoms with Gasteiger partial charge in [-0.1, -0.05) is 12.1 Å². The van der Waals surface area contributed by atoms with Crippen LogP contribution in [0.3, 0.4) is 0 Å². The molecule has 0 saturated heterocycles. The van der Waals surface area contributed by atoms with Gasteiger partial charge in [-0.3, -0.25) is 0 Å². The van der Waals surface area contributed by atoms with Crippen LogP contribution in [0.25, 0.3) is 0 Å². The van der Waals surface area contributed by atoms with Crippen molar-refractivity contribution in [3.63, 3.8) is 0 Å². The molecule has 0 aliphatic carbocycles. The van der Waals surface area contributed by atoms with Crippen molar-refractivity contribution in [1.29, 1.82) is 0 Å². The van der Waals surface area contributed by atoms with Gasteiger partial charge < -0.3 is 15.9 Å². The molecule has 0 aromatic heterocycles. The molecule has 0 radical (unpaired) electrons. The first-order valence-electron chi connectivity index (χ1n) is 3.81. The standard InChI is InChI=1S/C9H13NO2/c1-6-3-2-4-8(12)9(6)7(10)5-11/h2-4,7,11-12H,5,10H2,1H3. The lowest BCUT2D eigenvalue weighted by molar-refractivity contribution is 0.265. The number of nitrogens with two attached hydrogens (primary N) is 1. The fourth-order valence-electron chi connectivity index (χ4n) is 1.24. The molecule has 0 aliphatic heterocycles. The smallest absolute Gasteiger partial charge is 0.120 e. The Morgan fingerprint density at radius 2 is 2.17 bits per heavy atom. The van der Waals surface area contributed by atoms with E-state index in [4.69, 9.17) is 10.8 Å². The van der Waals surface area contributed by atoms with E-state index in [0.29, 0.717) is 5.56 Å². The van der Waals surface area contributed by atoms with Crippen LogP contribution >= 0.6 is 0 Å². The molecule has 1 aromatic rings. The molecule has 0 spiro atoms. The summed E-state index contributed by atoms with van der Waals surface area (Å²) in [5, 5.41) is 18.2. The first-order valence-corrected chi connectivity index (χ1v) is 3.81. The average molecular weight is 167 g/mol. The number of rotatable bonds is 2. The zero-order chi connectivity index (χ0) is 9.14. The Kier molecular flexibility index (Phi) is 2.68. The van der Waals surface area contributed by atoms with Crippen molar-refractivity contribution >= 4 is 0 Å². The van der Waals surface area contributed by atoms with Crippen molar-refractivity contribution in [3.8, 4) is 5.75 Å². The summed E-state index contributed by atoms with van der Waals surface area (Å²) in [6, 6.07) is 4.67. The largest absolute Gasteiger partial charge is 0.508 e. The molecular formula is C9H13NO2. The van der Waals surface area contributed by atoms with E-state index in [2.05, 4.69) is 0 Å². The van der Waals surface area contributed by atoms with Gasteiger partial charge in [-0.25, -0.2) is 0 Å². The third-order valence-electron chi connectivity index (χ3n) is 1.87. The molecule has 66 valence electrons. The van der Waals surface area contributed by atoms with Gasteiger partial charge in [-0.05, 0) is 18.6 Å². The molecule has 1 unspecified atom stereocenters. The Morgan fingerprint density at radius 1 is 1.50 bits per heavy atom. The van der Waals surface area contributed by atoms with Crippen molar-refractivity contribution in [2.75, 3.05) is 6.61 Å². The highest BCUT2D eigenvalue weighted by Crippen LogP contribution is 2.25. The van der Waals surface area contributed by atoms with Gasteiger partial charge in [0.15, 0.2) is 0 Å². The molecule has 0 saturated carbocycles. The average Bonchev–Trinajstić information content (AvgIpc) is 2.03. The molecule has 4 N–H and O–H groups in total. The topological polar surface area (TPSA) is 66.5 Å². The maximum absolute atomic E-state index is 9.40. The highest BCUT2D eigenvalue weighted by atomic mass is 16.3. The third kappa shape index (κ3) is 1.57. The van der Waals surface area contributed by atoms with Gasteiger partial charge in [0.25, 0.3) is 0 Å². The second-order valence-corrected chi connectivity index (χ2v) is 2.80. The summed E-state index contributed by atoms with van der Waals surface area (Å²) in [6.45, 7) is 1.70. The summed E-state index contributed by atoms with van der Waals surface area (Å²) in [4.78, 5) is 0. The quantitative estimate of drug-likeness (QED) is 0.607. The first kappa shape index (κ1) is 9.03. The minimum absolute atomic E-state index is 0.150. The van der Waals surface area contributed by atoms with E-state index in [1.54, 1.807) is 12.1 Å². The number of aliphatic hydroxyl groups excluding tert-OH is 1. The normalized spacial score (nSPS) is 12.9. The van der Waals surface area contributed by atoms with E-state index in [9.17, 15) is 5.11 Å². The molecular weight excluding hydrogens is 154 g/mol. The van der Waals surface area contributed by atoms with Crippen LogP contribution in [-0.2, 0) is 0 Å². The molecule has 0 amide bonds. The van der Waals surface area contributed by atoms with Crippen LogP contribution in [-0.4, -0.2) is 16.8 Å². The van der Waals surface area contributed by atoms with Gasteiger partial charge in [0.1, 0.15) is 5.75 Å². The van der Waals surface area contributed by atoms with Crippen molar-refractivity contribution in [1.82, 2.24) is 0 Å². The Morgan fingerprint density at radius 3 is 2.67 bits per heavy atom.